The third-order valence-corrected chi connectivity index (χ3v) is 2.67. The molecule has 1 aliphatic rings. The van der Waals surface area contributed by atoms with Crippen LogP contribution in [0.15, 0.2) is 36.2 Å². The largest absolute Gasteiger partial charge is 0.496 e. The number of pyridine rings is 1. The molecular formula is C13H18N2O. The van der Waals surface area contributed by atoms with E-state index in [-0.39, 0.29) is 6.04 Å². The average molecular weight is 218 g/mol. The zero-order valence-corrected chi connectivity index (χ0v) is 9.65. The van der Waals surface area contributed by atoms with Crippen LogP contribution in [0, 0.1) is 0 Å². The molecule has 0 radical (unpaired) electrons. The molecule has 0 aromatic carbocycles. The molecule has 0 amide bonds. The van der Waals surface area contributed by atoms with Crippen LogP contribution in [0.3, 0.4) is 0 Å². The average Bonchev–Trinajstić information content (AvgIpc) is 2.83. The smallest absolute Gasteiger partial charge is 0.109 e. The molecule has 16 heavy (non-hydrogen) atoms. The molecule has 1 aliphatic heterocycles. The maximum atomic E-state index is 5.61. The Labute approximate surface area is 96.5 Å². The number of rotatable bonds is 5. The van der Waals surface area contributed by atoms with Gasteiger partial charge in [-0.05, 0) is 24.8 Å². The fourth-order valence-corrected chi connectivity index (χ4v) is 1.93. The fraction of sp³-hybridized carbons (Fsp3) is 0.462. The van der Waals surface area contributed by atoms with E-state index in [1.807, 2.05) is 18.3 Å². The Morgan fingerprint density at radius 3 is 3.06 bits per heavy atom. The summed E-state index contributed by atoms with van der Waals surface area (Å²) in [6.45, 7) is 3.87. The molecule has 0 saturated carbocycles. The van der Waals surface area contributed by atoms with E-state index in [0.717, 1.165) is 37.4 Å². The highest BCUT2D eigenvalue weighted by Gasteiger charge is 2.18. The minimum atomic E-state index is 0.266. The summed E-state index contributed by atoms with van der Waals surface area (Å²) in [5.74, 6) is 1.08. The maximum absolute atomic E-state index is 5.61. The maximum Gasteiger partial charge on any atom is 0.109 e. The Hall–Kier alpha value is -1.35. The van der Waals surface area contributed by atoms with Gasteiger partial charge in [-0.15, -0.1) is 0 Å². The van der Waals surface area contributed by atoms with E-state index in [2.05, 4.69) is 29.4 Å². The first-order valence-corrected chi connectivity index (χ1v) is 5.86. The molecule has 1 unspecified atom stereocenters. The molecule has 1 aromatic rings. The fourth-order valence-electron chi connectivity index (χ4n) is 1.93. The van der Waals surface area contributed by atoms with Crippen molar-refractivity contribution in [2.75, 3.05) is 13.2 Å². The van der Waals surface area contributed by atoms with Crippen molar-refractivity contribution in [1.29, 1.82) is 0 Å². The summed E-state index contributed by atoms with van der Waals surface area (Å²) in [7, 11) is 0. The van der Waals surface area contributed by atoms with Crippen LogP contribution in [0.1, 0.15) is 19.0 Å². The molecule has 86 valence electrons. The van der Waals surface area contributed by atoms with Gasteiger partial charge in [0.05, 0.1) is 12.6 Å². The van der Waals surface area contributed by atoms with Crippen LogP contribution < -0.4 is 5.32 Å². The second-order valence-corrected chi connectivity index (χ2v) is 3.88. The van der Waals surface area contributed by atoms with Crippen LogP contribution in [0.25, 0.3) is 0 Å². The normalized spacial score (nSPS) is 16.7. The third-order valence-electron chi connectivity index (χ3n) is 2.67. The van der Waals surface area contributed by atoms with E-state index in [1.165, 1.54) is 0 Å². The van der Waals surface area contributed by atoms with Gasteiger partial charge < -0.3 is 10.1 Å². The lowest BCUT2D eigenvalue weighted by Crippen LogP contribution is -2.33. The molecule has 1 N–H and O–H groups in total. The molecule has 3 heteroatoms. The lowest BCUT2D eigenvalue weighted by atomic mass is 10.1. The third kappa shape index (κ3) is 2.83. The lowest BCUT2D eigenvalue weighted by Gasteiger charge is -2.18. The first kappa shape index (κ1) is 11.1. The van der Waals surface area contributed by atoms with Crippen molar-refractivity contribution in [2.24, 2.45) is 0 Å². The van der Waals surface area contributed by atoms with Gasteiger partial charge in [0, 0.05) is 24.7 Å². The molecule has 2 heterocycles. The van der Waals surface area contributed by atoms with Gasteiger partial charge in [-0.2, -0.15) is 0 Å². The topological polar surface area (TPSA) is 34.2 Å². The number of nitrogens with zero attached hydrogens (tertiary/aromatic N) is 1. The number of hydrogen-bond donors (Lipinski definition) is 1. The lowest BCUT2D eigenvalue weighted by molar-refractivity contribution is 0.214. The van der Waals surface area contributed by atoms with Gasteiger partial charge in [0.2, 0.25) is 0 Å². The molecule has 3 nitrogen and oxygen atoms in total. The molecule has 0 bridgehead atoms. The Morgan fingerprint density at radius 1 is 1.50 bits per heavy atom. The first-order chi connectivity index (χ1) is 7.90. The van der Waals surface area contributed by atoms with E-state index in [1.54, 1.807) is 0 Å². The van der Waals surface area contributed by atoms with Gasteiger partial charge in [0.15, 0.2) is 0 Å². The number of aromatic nitrogens is 1. The predicted molar refractivity (Wildman–Crippen MR) is 64.1 cm³/mol. The molecule has 0 fully saturated rings. The zero-order valence-electron chi connectivity index (χ0n) is 9.65. The molecule has 2 rings (SSSR count). The highest BCUT2D eigenvalue weighted by Crippen LogP contribution is 2.16. The van der Waals surface area contributed by atoms with Gasteiger partial charge in [0.25, 0.3) is 0 Å². The van der Waals surface area contributed by atoms with E-state index in [0.29, 0.717) is 0 Å². The molecule has 0 spiro atoms. The van der Waals surface area contributed by atoms with Gasteiger partial charge in [-0.25, -0.2) is 0 Å². The SMILES string of the molecule is CCNC(Cc1ccccn1)C1=CCCO1. The highest BCUT2D eigenvalue weighted by molar-refractivity contribution is 5.13. The van der Waals surface area contributed by atoms with Gasteiger partial charge >= 0.3 is 0 Å². The minimum Gasteiger partial charge on any atom is -0.496 e. The summed E-state index contributed by atoms with van der Waals surface area (Å²) in [5.41, 5.74) is 1.10. The number of likely N-dealkylation sites (N-methyl/N-ethyl adjacent to an activating group) is 1. The van der Waals surface area contributed by atoms with E-state index >= 15 is 0 Å². The number of nitrogens with one attached hydrogen (secondary N) is 1. The standard InChI is InChI=1S/C13H18N2O/c1-2-14-12(13-7-5-9-16-13)10-11-6-3-4-8-15-11/h3-4,6-8,12,14H,2,5,9-10H2,1H3. The summed E-state index contributed by atoms with van der Waals surface area (Å²) < 4.78 is 5.61. The van der Waals surface area contributed by atoms with Crippen molar-refractivity contribution in [3.8, 4) is 0 Å². The van der Waals surface area contributed by atoms with Crippen molar-refractivity contribution < 1.29 is 4.74 Å². The Bertz CT molecular complexity index is 348. The summed E-state index contributed by atoms with van der Waals surface area (Å²) in [6.07, 6.45) is 5.93. The number of ether oxygens (including phenoxy) is 1. The van der Waals surface area contributed by atoms with Gasteiger partial charge in [-0.3, -0.25) is 4.98 Å². The zero-order chi connectivity index (χ0) is 11.2. The Balaban J connectivity index is 2.02. The molecular weight excluding hydrogens is 200 g/mol. The van der Waals surface area contributed by atoms with Crippen molar-refractivity contribution in [3.63, 3.8) is 0 Å². The summed E-state index contributed by atoms with van der Waals surface area (Å²) in [6, 6.07) is 6.29. The van der Waals surface area contributed by atoms with Crippen LogP contribution in [0.5, 0.6) is 0 Å². The Kier molecular flexibility index (Phi) is 3.94. The molecule has 0 saturated heterocycles. The second-order valence-electron chi connectivity index (χ2n) is 3.88. The molecule has 1 aromatic heterocycles. The van der Waals surface area contributed by atoms with Crippen LogP contribution >= 0.6 is 0 Å². The van der Waals surface area contributed by atoms with E-state index in [9.17, 15) is 0 Å². The molecule has 0 aliphatic carbocycles. The van der Waals surface area contributed by atoms with Crippen LogP contribution in [-0.2, 0) is 11.2 Å². The Morgan fingerprint density at radius 2 is 2.44 bits per heavy atom. The van der Waals surface area contributed by atoms with Gasteiger partial charge in [0.1, 0.15) is 5.76 Å². The second kappa shape index (κ2) is 5.66. The highest BCUT2D eigenvalue weighted by atomic mass is 16.5. The van der Waals surface area contributed by atoms with E-state index in [4.69, 9.17) is 4.74 Å². The van der Waals surface area contributed by atoms with Crippen LogP contribution in [-0.4, -0.2) is 24.2 Å². The van der Waals surface area contributed by atoms with Crippen molar-refractivity contribution >= 4 is 0 Å². The summed E-state index contributed by atoms with van der Waals surface area (Å²) >= 11 is 0. The minimum absolute atomic E-state index is 0.266. The van der Waals surface area contributed by atoms with Crippen molar-refractivity contribution in [2.45, 2.75) is 25.8 Å². The van der Waals surface area contributed by atoms with Crippen molar-refractivity contribution in [1.82, 2.24) is 10.3 Å². The van der Waals surface area contributed by atoms with Crippen LogP contribution in [0.2, 0.25) is 0 Å². The molecule has 1 atom stereocenters. The summed E-state index contributed by atoms with van der Waals surface area (Å²) in [5, 5.41) is 3.44. The monoisotopic (exact) mass is 218 g/mol. The van der Waals surface area contributed by atoms with Gasteiger partial charge in [-0.1, -0.05) is 13.0 Å². The quantitative estimate of drug-likeness (QED) is 0.819. The van der Waals surface area contributed by atoms with Crippen molar-refractivity contribution in [3.05, 3.63) is 41.9 Å². The van der Waals surface area contributed by atoms with Crippen LogP contribution in [0.4, 0.5) is 0 Å². The van der Waals surface area contributed by atoms with E-state index < -0.39 is 0 Å². The predicted octanol–water partition coefficient (Wildman–Crippen LogP) is 1.91. The first-order valence-electron chi connectivity index (χ1n) is 5.86. The summed E-state index contributed by atoms with van der Waals surface area (Å²) in [4.78, 5) is 4.35. The number of hydrogen-bond acceptors (Lipinski definition) is 3.